The number of methoxy groups -OCH3 is 1. The summed E-state index contributed by atoms with van der Waals surface area (Å²) >= 11 is 0. The second kappa shape index (κ2) is 8.53. The Bertz CT molecular complexity index is 1250. The molecule has 2 aliphatic heterocycles. The molecule has 2 aliphatic rings. The van der Waals surface area contributed by atoms with Crippen LogP contribution in [0.1, 0.15) is 17.3 Å². The van der Waals surface area contributed by atoms with Crippen LogP contribution in [0.25, 0.3) is 11.1 Å². The first-order chi connectivity index (χ1) is 16.0. The molecule has 1 aromatic carbocycles. The van der Waals surface area contributed by atoms with Crippen molar-refractivity contribution in [1.29, 1.82) is 0 Å². The number of aromatic nitrogens is 2. The van der Waals surface area contributed by atoms with Gasteiger partial charge in [-0.1, -0.05) is 12.1 Å². The summed E-state index contributed by atoms with van der Waals surface area (Å²) in [5.41, 5.74) is 2.72. The fourth-order valence-corrected chi connectivity index (χ4v) is 5.47. The Kier molecular flexibility index (Phi) is 5.55. The monoisotopic (exact) mass is 449 g/mol. The molecular formula is C25H24FN3O4. The molecule has 0 bridgehead atoms. The zero-order valence-electron chi connectivity index (χ0n) is 18.1. The van der Waals surface area contributed by atoms with Crippen molar-refractivity contribution in [2.45, 2.75) is 25.2 Å². The number of benzene rings is 1. The van der Waals surface area contributed by atoms with Crippen LogP contribution >= 0.6 is 0 Å². The molecule has 33 heavy (non-hydrogen) atoms. The third-order valence-corrected chi connectivity index (χ3v) is 6.88. The number of esters is 1. The highest BCUT2D eigenvalue weighted by atomic mass is 19.1. The van der Waals surface area contributed by atoms with Crippen LogP contribution in [-0.4, -0.2) is 45.3 Å². The maximum absolute atomic E-state index is 13.9. The molecular weight excluding hydrogens is 425 g/mol. The lowest BCUT2D eigenvalue weighted by molar-refractivity contribution is -0.148. The lowest BCUT2D eigenvalue weighted by Gasteiger charge is -2.30. The second-order valence-electron chi connectivity index (χ2n) is 8.55. The van der Waals surface area contributed by atoms with Gasteiger partial charge in [0, 0.05) is 55.2 Å². The number of halogens is 1. The largest absolute Gasteiger partial charge is 0.468 e. The topological polar surface area (TPSA) is 84.7 Å². The van der Waals surface area contributed by atoms with E-state index in [1.807, 2.05) is 11.0 Å². The zero-order chi connectivity index (χ0) is 23.1. The van der Waals surface area contributed by atoms with Crippen LogP contribution < -0.4 is 5.56 Å². The molecule has 2 aromatic heterocycles. The summed E-state index contributed by atoms with van der Waals surface area (Å²) in [5, 5.41) is 10.2. The average Bonchev–Trinajstić information content (AvgIpc) is 3.35. The van der Waals surface area contributed by atoms with Crippen molar-refractivity contribution in [2.24, 2.45) is 11.8 Å². The minimum absolute atomic E-state index is 0.120. The fraction of sp³-hybridized carbons (Fsp3) is 0.320. The van der Waals surface area contributed by atoms with E-state index in [0.717, 1.165) is 11.3 Å². The molecule has 0 spiro atoms. The van der Waals surface area contributed by atoms with Gasteiger partial charge in [-0.15, -0.1) is 0 Å². The highest BCUT2D eigenvalue weighted by Gasteiger charge is 2.56. The molecule has 4 heterocycles. The summed E-state index contributed by atoms with van der Waals surface area (Å²) in [4.78, 5) is 32.1. The Labute approximate surface area is 190 Å². The third kappa shape index (κ3) is 3.55. The molecule has 5 rings (SSSR count). The van der Waals surface area contributed by atoms with Crippen LogP contribution in [0.4, 0.5) is 4.39 Å². The van der Waals surface area contributed by atoms with Crippen LogP contribution in [0.15, 0.2) is 65.7 Å². The van der Waals surface area contributed by atoms with E-state index in [4.69, 9.17) is 4.74 Å². The Morgan fingerprint density at radius 1 is 1.21 bits per heavy atom. The van der Waals surface area contributed by atoms with Crippen molar-refractivity contribution >= 4 is 5.97 Å². The van der Waals surface area contributed by atoms with Gasteiger partial charge in [0.05, 0.1) is 13.2 Å². The van der Waals surface area contributed by atoms with Gasteiger partial charge < -0.3 is 14.4 Å². The molecule has 1 saturated heterocycles. The Hall–Kier alpha value is -3.36. The highest BCUT2D eigenvalue weighted by Crippen LogP contribution is 2.50. The van der Waals surface area contributed by atoms with Gasteiger partial charge in [-0.05, 0) is 47.5 Å². The number of ether oxygens (including phenoxy) is 1. The molecule has 0 aliphatic carbocycles. The predicted molar refractivity (Wildman–Crippen MR) is 118 cm³/mol. The summed E-state index contributed by atoms with van der Waals surface area (Å²) in [6, 6.07) is 12.5. The normalized spacial score (nSPS) is 23.8. The molecule has 3 aromatic rings. The van der Waals surface area contributed by atoms with Gasteiger partial charge in [0.1, 0.15) is 11.9 Å². The van der Waals surface area contributed by atoms with E-state index in [2.05, 4.69) is 4.98 Å². The Balaban J connectivity index is 1.60. The van der Waals surface area contributed by atoms with E-state index >= 15 is 0 Å². The molecule has 0 saturated carbocycles. The molecule has 0 radical (unpaired) electrons. The number of carbonyl (C=O) groups excluding carboxylic acids is 1. The lowest BCUT2D eigenvalue weighted by Crippen LogP contribution is -2.43. The predicted octanol–water partition coefficient (Wildman–Crippen LogP) is 2.39. The Morgan fingerprint density at radius 2 is 2.00 bits per heavy atom. The van der Waals surface area contributed by atoms with Gasteiger partial charge in [-0.2, -0.15) is 0 Å². The fourth-order valence-electron chi connectivity index (χ4n) is 5.47. The molecule has 0 amide bonds. The summed E-state index contributed by atoms with van der Waals surface area (Å²) in [6.07, 6.45) is 3.29. The maximum atomic E-state index is 13.9. The number of nitrogens with zero attached hydrogens (tertiary/aromatic N) is 3. The van der Waals surface area contributed by atoms with Crippen molar-refractivity contribution in [1.82, 2.24) is 14.5 Å². The van der Waals surface area contributed by atoms with Crippen molar-refractivity contribution in [2.75, 3.05) is 13.7 Å². The molecule has 0 unspecified atom stereocenters. The minimum atomic E-state index is -0.693. The van der Waals surface area contributed by atoms with Crippen LogP contribution in [0, 0.1) is 17.7 Å². The maximum Gasteiger partial charge on any atom is 0.323 e. The first kappa shape index (κ1) is 21.5. The number of aliphatic hydroxyl groups excluding tert-OH is 1. The van der Waals surface area contributed by atoms with E-state index < -0.39 is 17.9 Å². The summed E-state index contributed by atoms with van der Waals surface area (Å²) in [7, 11) is 1.32. The SMILES string of the molecule is COC(=O)[C@@H]1[C@@H](CO)[C@@H]2Cn3c(ccc(-c4ccncc4)c3=O)[C@@H]2N1Cc1cccc(F)c1. The second-order valence-corrected chi connectivity index (χ2v) is 8.55. The number of likely N-dealkylation sites (tertiary alicyclic amines) is 1. The number of pyridine rings is 2. The number of fused-ring (bicyclic) bond motifs is 3. The van der Waals surface area contributed by atoms with Crippen molar-refractivity contribution < 1.29 is 19.0 Å². The molecule has 4 atom stereocenters. The number of hydrogen-bond acceptors (Lipinski definition) is 6. The standard InChI is InChI=1S/C25H24FN3O4/c1-33-25(32)23-20(14-30)19-13-28-21(6-5-18(24(28)31)16-7-9-27-10-8-16)22(19)29(23)12-15-3-2-4-17(26)11-15/h2-11,19-20,22-23,30H,12-14H2,1H3/t19-,20-,22+,23-/m0/s1. The molecule has 8 heteroatoms. The van der Waals surface area contributed by atoms with Crippen molar-refractivity contribution in [3.8, 4) is 11.1 Å². The number of carbonyl (C=O) groups is 1. The molecule has 1 N–H and O–H groups in total. The van der Waals surface area contributed by atoms with Crippen LogP contribution in [0.3, 0.4) is 0 Å². The average molecular weight is 449 g/mol. The van der Waals surface area contributed by atoms with Crippen molar-refractivity contribution in [3.63, 3.8) is 0 Å². The van der Waals surface area contributed by atoms with E-state index in [-0.39, 0.29) is 36.5 Å². The third-order valence-electron chi connectivity index (χ3n) is 6.88. The van der Waals surface area contributed by atoms with E-state index in [9.17, 15) is 19.1 Å². The summed E-state index contributed by atoms with van der Waals surface area (Å²) < 4.78 is 20.7. The summed E-state index contributed by atoms with van der Waals surface area (Å²) in [6.45, 7) is 0.451. The van der Waals surface area contributed by atoms with Gasteiger partial charge in [0.25, 0.3) is 5.56 Å². The van der Waals surface area contributed by atoms with E-state index in [1.165, 1.54) is 19.2 Å². The quantitative estimate of drug-likeness (QED) is 0.602. The number of aliphatic hydroxyl groups is 1. The Morgan fingerprint density at radius 3 is 2.70 bits per heavy atom. The van der Waals surface area contributed by atoms with Gasteiger partial charge >= 0.3 is 5.97 Å². The van der Waals surface area contributed by atoms with Crippen LogP contribution in [0.5, 0.6) is 0 Å². The zero-order valence-corrected chi connectivity index (χ0v) is 18.1. The first-order valence-electron chi connectivity index (χ1n) is 10.9. The lowest BCUT2D eigenvalue weighted by atomic mass is 9.88. The number of hydrogen-bond donors (Lipinski definition) is 1. The summed E-state index contributed by atoms with van der Waals surface area (Å²) in [5.74, 6) is -1.38. The molecule has 7 nitrogen and oxygen atoms in total. The first-order valence-corrected chi connectivity index (χ1v) is 10.9. The highest BCUT2D eigenvalue weighted by molar-refractivity contribution is 5.77. The van der Waals surface area contributed by atoms with Gasteiger partial charge in [-0.25, -0.2) is 4.39 Å². The van der Waals surface area contributed by atoms with Crippen LogP contribution in [-0.2, 0) is 22.6 Å². The van der Waals surface area contributed by atoms with Gasteiger partial charge in [-0.3, -0.25) is 19.5 Å². The molecule has 1 fully saturated rings. The van der Waals surface area contributed by atoms with Crippen LogP contribution in [0.2, 0.25) is 0 Å². The van der Waals surface area contributed by atoms with E-state index in [0.29, 0.717) is 17.7 Å². The minimum Gasteiger partial charge on any atom is -0.468 e. The van der Waals surface area contributed by atoms with Crippen molar-refractivity contribution in [3.05, 3.63) is 88.4 Å². The smallest absolute Gasteiger partial charge is 0.323 e. The van der Waals surface area contributed by atoms with Gasteiger partial charge in [0.15, 0.2) is 0 Å². The van der Waals surface area contributed by atoms with Gasteiger partial charge in [0.2, 0.25) is 0 Å². The van der Waals surface area contributed by atoms with E-state index in [1.54, 1.807) is 47.3 Å². The molecule has 170 valence electrons. The number of rotatable bonds is 5.